The number of nitrogens with zero attached hydrogens (tertiary/aromatic N) is 1. The van der Waals surface area contributed by atoms with Crippen molar-refractivity contribution >= 4 is 0 Å². The second-order valence-corrected chi connectivity index (χ2v) is 3.88. The van der Waals surface area contributed by atoms with E-state index in [-0.39, 0.29) is 11.6 Å². The molecule has 0 aliphatic heterocycles. The van der Waals surface area contributed by atoms with Crippen LogP contribution in [0.1, 0.15) is 43.9 Å². The minimum atomic E-state index is -0.441. The van der Waals surface area contributed by atoms with Gasteiger partial charge in [0.15, 0.2) is 0 Å². The minimum Gasteiger partial charge on any atom is -0.310 e. The van der Waals surface area contributed by atoms with E-state index in [9.17, 15) is 4.39 Å². The summed E-state index contributed by atoms with van der Waals surface area (Å²) in [6.07, 6.45) is 2.25. The molecule has 86 valence electrons. The van der Waals surface area contributed by atoms with Crippen LogP contribution < -0.4 is 5.32 Å². The average molecular weight is 220 g/mol. The molecule has 0 radical (unpaired) electrons. The van der Waals surface area contributed by atoms with Crippen molar-refractivity contribution in [3.8, 4) is 6.07 Å². The summed E-state index contributed by atoms with van der Waals surface area (Å²) >= 11 is 0. The number of halogens is 1. The maximum Gasteiger partial charge on any atom is 0.141 e. The van der Waals surface area contributed by atoms with Gasteiger partial charge in [-0.05, 0) is 37.6 Å². The zero-order valence-electron chi connectivity index (χ0n) is 9.76. The molecule has 16 heavy (non-hydrogen) atoms. The van der Waals surface area contributed by atoms with Crippen molar-refractivity contribution in [1.29, 1.82) is 5.26 Å². The molecule has 0 fully saturated rings. The fraction of sp³-hybridized carbons (Fsp3) is 0.462. The van der Waals surface area contributed by atoms with Crippen LogP contribution >= 0.6 is 0 Å². The molecule has 0 aliphatic carbocycles. The Balaban J connectivity index is 2.66. The maximum absolute atomic E-state index is 13.3. The van der Waals surface area contributed by atoms with E-state index >= 15 is 0 Å². The van der Waals surface area contributed by atoms with Gasteiger partial charge < -0.3 is 5.32 Å². The molecule has 0 heterocycles. The number of rotatable bonds is 5. The molecule has 0 aliphatic rings. The first kappa shape index (κ1) is 12.7. The number of unbranched alkanes of at least 4 members (excludes halogenated alkanes) is 1. The van der Waals surface area contributed by atoms with Crippen molar-refractivity contribution in [2.24, 2.45) is 0 Å². The topological polar surface area (TPSA) is 35.8 Å². The molecule has 1 atom stereocenters. The van der Waals surface area contributed by atoms with Gasteiger partial charge in [0, 0.05) is 6.04 Å². The van der Waals surface area contributed by atoms with Crippen molar-refractivity contribution < 1.29 is 4.39 Å². The predicted octanol–water partition coefficient (Wildman–Crippen LogP) is 3.15. The molecule has 1 aromatic carbocycles. The van der Waals surface area contributed by atoms with Crippen molar-refractivity contribution in [3.05, 3.63) is 35.1 Å². The normalized spacial score (nSPS) is 12.1. The van der Waals surface area contributed by atoms with Crippen molar-refractivity contribution in [3.63, 3.8) is 0 Å². The molecule has 0 saturated heterocycles. The molecule has 0 saturated carbocycles. The molecule has 0 amide bonds. The van der Waals surface area contributed by atoms with Gasteiger partial charge in [-0.25, -0.2) is 4.39 Å². The Hall–Kier alpha value is -1.40. The van der Waals surface area contributed by atoms with Gasteiger partial charge in [0.2, 0.25) is 0 Å². The molecule has 1 unspecified atom stereocenters. The number of nitrogens with one attached hydrogen (secondary N) is 1. The van der Waals surface area contributed by atoms with Gasteiger partial charge in [-0.2, -0.15) is 5.26 Å². The largest absolute Gasteiger partial charge is 0.310 e. The lowest BCUT2D eigenvalue weighted by molar-refractivity contribution is 0.548. The van der Waals surface area contributed by atoms with E-state index in [0.29, 0.717) is 0 Å². The molecule has 0 spiro atoms. The Kier molecular flexibility index (Phi) is 4.94. The fourth-order valence-electron chi connectivity index (χ4n) is 1.50. The molecule has 3 heteroatoms. The number of nitriles is 1. The van der Waals surface area contributed by atoms with Crippen molar-refractivity contribution in [1.82, 2.24) is 5.32 Å². The zero-order valence-corrected chi connectivity index (χ0v) is 9.76. The first-order chi connectivity index (χ1) is 7.69. The van der Waals surface area contributed by atoms with E-state index < -0.39 is 5.82 Å². The predicted molar refractivity (Wildman–Crippen MR) is 62.4 cm³/mol. The van der Waals surface area contributed by atoms with Crippen molar-refractivity contribution in [2.45, 2.75) is 32.7 Å². The summed E-state index contributed by atoms with van der Waals surface area (Å²) in [5.74, 6) is -0.441. The molecular formula is C13H17FN2. The van der Waals surface area contributed by atoms with E-state index in [2.05, 4.69) is 12.2 Å². The fourth-order valence-corrected chi connectivity index (χ4v) is 1.50. The quantitative estimate of drug-likeness (QED) is 0.774. The summed E-state index contributed by atoms with van der Waals surface area (Å²) in [4.78, 5) is 0. The standard InChI is InChI=1S/C13H17FN2/c1-3-4-7-16-10(2)11-5-6-12(9-15)13(14)8-11/h5-6,8,10,16H,3-4,7H2,1-2H3. The molecule has 1 aromatic rings. The highest BCUT2D eigenvalue weighted by molar-refractivity contribution is 5.34. The smallest absolute Gasteiger partial charge is 0.141 e. The second-order valence-electron chi connectivity index (χ2n) is 3.88. The number of benzene rings is 1. The van der Waals surface area contributed by atoms with Gasteiger partial charge in [0.25, 0.3) is 0 Å². The Labute approximate surface area is 96.1 Å². The lowest BCUT2D eigenvalue weighted by atomic mass is 10.1. The summed E-state index contributed by atoms with van der Waals surface area (Å²) < 4.78 is 13.3. The Morgan fingerprint density at radius 2 is 2.25 bits per heavy atom. The molecule has 0 bridgehead atoms. The summed E-state index contributed by atoms with van der Waals surface area (Å²) in [5, 5.41) is 11.9. The third-order valence-electron chi connectivity index (χ3n) is 2.59. The molecular weight excluding hydrogens is 203 g/mol. The Bertz CT molecular complexity index is 382. The van der Waals surface area contributed by atoms with Gasteiger partial charge >= 0.3 is 0 Å². The van der Waals surface area contributed by atoms with Gasteiger partial charge in [-0.1, -0.05) is 19.4 Å². The highest BCUT2D eigenvalue weighted by Crippen LogP contribution is 2.16. The van der Waals surface area contributed by atoms with Crippen LogP contribution in [0, 0.1) is 17.1 Å². The second kappa shape index (κ2) is 6.24. The third-order valence-corrected chi connectivity index (χ3v) is 2.59. The minimum absolute atomic E-state index is 0.101. The highest BCUT2D eigenvalue weighted by atomic mass is 19.1. The maximum atomic E-state index is 13.3. The van der Waals surface area contributed by atoms with E-state index in [0.717, 1.165) is 24.9 Å². The zero-order chi connectivity index (χ0) is 12.0. The van der Waals surface area contributed by atoms with Crippen LogP contribution in [0.15, 0.2) is 18.2 Å². The van der Waals surface area contributed by atoms with E-state index in [1.807, 2.05) is 13.0 Å². The average Bonchev–Trinajstić information content (AvgIpc) is 2.29. The SMILES string of the molecule is CCCCNC(C)c1ccc(C#N)c(F)c1. The van der Waals surface area contributed by atoms with Crippen molar-refractivity contribution in [2.75, 3.05) is 6.54 Å². The van der Waals surface area contributed by atoms with Gasteiger partial charge in [-0.15, -0.1) is 0 Å². The summed E-state index contributed by atoms with van der Waals surface area (Å²) in [6, 6.07) is 6.70. The van der Waals surface area contributed by atoms with Crippen LogP contribution in [0.5, 0.6) is 0 Å². The molecule has 1 rings (SSSR count). The highest BCUT2D eigenvalue weighted by Gasteiger charge is 2.08. The van der Waals surface area contributed by atoms with E-state index in [4.69, 9.17) is 5.26 Å². The van der Waals surface area contributed by atoms with Crippen LogP contribution in [0.25, 0.3) is 0 Å². The first-order valence-electron chi connectivity index (χ1n) is 5.62. The molecule has 0 aromatic heterocycles. The van der Waals surface area contributed by atoms with Crippen LogP contribution in [0.4, 0.5) is 4.39 Å². The Morgan fingerprint density at radius 1 is 1.50 bits per heavy atom. The number of hydrogen-bond acceptors (Lipinski definition) is 2. The van der Waals surface area contributed by atoms with Gasteiger partial charge in [0.1, 0.15) is 11.9 Å². The summed E-state index contributed by atoms with van der Waals surface area (Å²) in [6.45, 7) is 5.06. The van der Waals surface area contributed by atoms with Gasteiger partial charge in [0.05, 0.1) is 5.56 Å². The van der Waals surface area contributed by atoms with Crippen LogP contribution in [-0.2, 0) is 0 Å². The number of hydrogen-bond donors (Lipinski definition) is 1. The van der Waals surface area contributed by atoms with E-state index in [1.165, 1.54) is 12.1 Å². The van der Waals surface area contributed by atoms with Gasteiger partial charge in [-0.3, -0.25) is 0 Å². The third kappa shape index (κ3) is 3.32. The first-order valence-corrected chi connectivity index (χ1v) is 5.62. The van der Waals surface area contributed by atoms with Crippen LogP contribution in [0.2, 0.25) is 0 Å². The monoisotopic (exact) mass is 220 g/mol. The summed E-state index contributed by atoms with van der Waals surface area (Å²) in [5.41, 5.74) is 0.983. The van der Waals surface area contributed by atoms with Crippen LogP contribution in [-0.4, -0.2) is 6.54 Å². The summed E-state index contributed by atoms with van der Waals surface area (Å²) in [7, 11) is 0. The Morgan fingerprint density at radius 3 is 2.81 bits per heavy atom. The van der Waals surface area contributed by atoms with Crippen LogP contribution in [0.3, 0.4) is 0 Å². The van der Waals surface area contributed by atoms with E-state index in [1.54, 1.807) is 6.07 Å². The molecule has 1 N–H and O–H groups in total. The molecule has 2 nitrogen and oxygen atoms in total. The lowest BCUT2D eigenvalue weighted by Gasteiger charge is -2.14. The lowest BCUT2D eigenvalue weighted by Crippen LogP contribution is -2.19.